The Bertz CT molecular complexity index is 523. The van der Waals surface area contributed by atoms with Gasteiger partial charge in [0.25, 0.3) is 0 Å². The van der Waals surface area contributed by atoms with Gasteiger partial charge in [-0.05, 0) is 19.4 Å². The molecule has 4 heteroatoms. The zero-order valence-electron chi connectivity index (χ0n) is 11.0. The summed E-state index contributed by atoms with van der Waals surface area (Å²) in [6.45, 7) is 8.31. The van der Waals surface area contributed by atoms with Crippen molar-refractivity contribution in [3.8, 4) is 11.5 Å². The lowest BCUT2D eigenvalue weighted by atomic mass is 10.2. The molecule has 90 valence electrons. The molecule has 0 N–H and O–H groups in total. The third kappa shape index (κ3) is 2.07. The van der Waals surface area contributed by atoms with Crippen molar-refractivity contribution in [2.75, 3.05) is 0 Å². The fraction of sp³-hybridized carbons (Fsp3) is 0.462. The molecule has 0 aliphatic rings. The highest BCUT2D eigenvalue weighted by Gasteiger charge is 2.16. The molecule has 2 rings (SSSR count). The molecule has 0 saturated carbocycles. The van der Waals surface area contributed by atoms with Crippen molar-refractivity contribution in [3.05, 3.63) is 29.5 Å². The molecule has 0 aromatic carbocycles. The van der Waals surface area contributed by atoms with E-state index in [4.69, 9.17) is 0 Å². The maximum Gasteiger partial charge on any atom is 0.179 e. The summed E-state index contributed by atoms with van der Waals surface area (Å²) in [5.74, 6) is 2.18. The summed E-state index contributed by atoms with van der Waals surface area (Å²) < 4.78 is 2.11. The van der Waals surface area contributed by atoms with Gasteiger partial charge in [-0.1, -0.05) is 13.8 Å². The highest BCUT2D eigenvalue weighted by atomic mass is 15.1. The third-order valence-corrected chi connectivity index (χ3v) is 2.92. The first-order chi connectivity index (χ1) is 8.00. The number of aromatic nitrogens is 4. The number of aryl methyl sites for hydroxylation is 1. The van der Waals surface area contributed by atoms with Crippen molar-refractivity contribution in [2.24, 2.45) is 7.05 Å². The molecule has 0 fully saturated rings. The number of nitrogens with zero attached hydrogens (tertiary/aromatic N) is 4. The van der Waals surface area contributed by atoms with Crippen LogP contribution in [0.25, 0.3) is 11.5 Å². The van der Waals surface area contributed by atoms with Crippen LogP contribution >= 0.6 is 0 Å². The predicted octanol–water partition coefficient (Wildman–Crippen LogP) is 2.62. The minimum absolute atomic E-state index is 0.401. The van der Waals surface area contributed by atoms with Crippen molar-refractivity contribution in [1.82, 2.24) is 19.5 Å². The molecule has 0 atom stereocenters. The normalized spacial score (nSPS) is 11.2. The summed E-state index contributed by atoms with van der Waals surface area (Å²) >= 11 is 0. The second-order valence-corrected chi connectivity index (χ2v) is 4.70. The van der Waals surface area contributed by atoms with Gasteiger partial charge in [-0.3, -0.25) is 0 Å². The standard InChI is InChI=1S/C13H18N4/c1-8(2)13-16-11(10(4)17(13)5)12-14-6-9(3)7-15-12/h6-8H,1-5H3. The fourth-order valence-corrected chi connectivity index (χ4v) is 1.84. The first-order valence-corrected chi connectivity index (χ1v) is 5.83. The van der Waals surface area contributed by atoms with Crippen molar-refractivity contribution in [1.29, 1.82) is 0 Å². The summed E-state index contributed by atoms with van der Waals surface area (Å²) in [4.78, 5) is 13.3. The lowest BCUT2D eigenvalue weighted by molar-refractivity contribution is 0.700. The van der Waals surface area contributed by atoms with E-state index in [0.29, 0.717) is 11.7 Å². The molecule has 4 nitrogen and oxygen atoms in total. The van der Waals surface area contributed by atoms with Gasteiger partial charge in [0.2, 0.25) is 0 Å². The molecule has 0 radical (unpaired) electrons. The smallest absolute Gasteiger partial charge is 0.179 e. The van der Waals surface area contributed by atoms with E-state index in [0.717, 1.165) is 22.8 Å². The molecular formula is C13H18N4. The van der Waals surface area contributed by atoms with Gasteiger partial charge in [-0.15, -0.1) is 0 Å². The predicted molar refractivity (Wildman–Crippen MR) is 67.8 cm³/mol. The molecule has 2 aromatic rings. The van der Waals surface area contributed by atoms with E-state index in [1.54, 1.807) is 0 Å². The maximum atomic E-state index is 4.65. The van der Waals surface area contributed by atoms with Gasteiger partial charge in [0.05, 0.1) is 0 Å². The van der Waals surface area contributed by atoms with Gasteiger partial charge in [-0.2, -0.15) is 0 Å². The average molecular weight is 230 g/mol. The Morgan fingerprint density at radius 1 is 1.12 bits per heavy atom. The summed E-state index contributed by atoms with van der Waals surface area (Å²) in [5, 5.41) is 0. The van der Waals surface area contributed by atoms with Gasteiger partial charge in [0.1, 0.15) is 11.5 Å². The second-order valence-electron chi connectivity index (χ2n) is 4.70. The number of rotatable bonds is 2. The van der Waals surface area contributed by atoms with Crippen LogP contribution in [0.2, 0.25) is 0 Å². The monoisotopic (exact) mass is 230 g/mol. The van der Waals surface area contributed by atoms with E-state index in [9.17, 15) is 0 Å². The summed E-state index contributed by atoms with van der Waals surface area (Å²) in [6, 6.07) is 0. The van der Waals surface area contributed by atoms with Crippen LogP contribution in [0.4, 0.5) is 0 Å². The largest absolute Gasteiger partial charge is 0.334 e. The number of imidazole rings is 1. The fourth-order valence-electron chi connectivity index (χ4n) is 1.84. The Kier molecular flexibility index (Phi) is 2.96. The Morgan fingerprint density at radius 3 is 2.18 bits per heavy atom. The third-order valence-electron chi connectivity index (χ3n) is 2.92. The van der Waals surface area contributed by atoms with E-state index < -0.39 is 0 Å². The summed E-state index contributed by atoms with van der Waals surface area (Å²) in [6.07, 6.45) is 3.65. The van der Waals surface area contributed by atoms with E-state index in [-0.39, 0.29) is 0 Å². The molecule has 0 saturated heterocycles. The number of hydrogen-bond acceptors (Lipinski definition) is 3. The first-order valence-electron chi connectivity index (χ1n) is 5.83. The molecule has 0 aliphatic carbocycles. The van der Waals surface area contributed by atoms with Crippen LogP contribution < -0.4 is 0 Å². The molecule has 2 aromatic heterocycles. The van der Waals surface area contributed by atoms with Gasteiger partial charge in [-0.25, -0.2) is 15.0 Å². The molecule has 2 heterocycles. The zero-order valence-corrected chi connectivity index (χ0v) is 11.0. The second kappa shape index (κ2) is 4.28. The quantitative estimate of drug-likeness (QED) is 0.796. The molecule has 0 spiro atoms. The lowest BCUT2D eigenvalue weighted by Crippen LogP contribution is -2.00. The van der Waals surface area contributed by atoms with E-state index in [1.165, 1.54) is 0 Å². The van der Waals surface area contributed by atoms with Crippen molar-refractivity contribution < 1.29 is 0 Å². The van der Waals surface area contributed by atoms with Crippen LogP contribution in [0.1, 0.15) is 36.8 Å². The van der Waals surface area contributed by atoms with Crippen molar-refractivity contribution >= 4 is 0 Å². The highest BCUT2D eigenvalue weighted by Crippen LogP contribution is 2.23. The van der Waals surface area contributed by atoms with Crippen molar-refractivity contribution in [3.63, 3.8) is 0 Å². The van der Waals surface area contributed by atoms with Crippen LogP contribution in [0.3, 0.4) is 0 Å². The maximum absolute atomic E-state index is 4.65. The zero-order chi connectivity index (χ0) is 12.6. The van der Waals surface area contributed by atoms with Crippen molar-refractivity contribution in [2.45, 2.75) is 33.6 Å². The molecule has 0 amide bonds. The van der Waals surface area contributed by atoms with Crippen LogP contribution in [0, 0.1) is 13.8 Å². The van der Waals surface area contributed by atoms with Gasteiger partial charge in [0, 0.05) is 31.1 Å². The molecular weight excluding hydrogens is 212 g/mol. The highest BCUT2D eigenvalue weighted by molar-refractivity contribution is 5.53. The Balaban J connectivity index is 2.53. The Morgan fingerprint density at radius 2 is 1.71 bits per heavy atom. The minimum atomic E-state index is 0.401. The number of hydrogen-bond donors (Lipinski definition) is 0. The van der Waals surface area contributed by atoms with Crippen LogP contribution in [-0.2, 0) is 7.05 Å². The topological polar surface area (TPSA) is 43.6 Å². The molecule has 0 unspecified atom stereocenters. The van der Waals surface area contributed by atoms with E-state index in [2.05, 4.69) is 40.3 Å². The molecule has 0 bridgehead atoms. The van der Waals surface area contributed by atoms with Gasteiger partial charge >= 0.3 is 0 Å². The minimum Gasteiger partial charge on any atom is -0.334 e. The van der Waals surface area contributed by atoms with Crippen LogP contribution in [-0.4, -0.2) is 19.5 Å². The van der Waals surface area contributed by atoms with Crippen LogP contribution in [0.5, 0.6) is 0 Å². The summed E-state index contributed by atoms with van der Waals surface area (Å²) in [7, 11) is 2.04. The Labute approximate surface area is 102 Å². The lowest BCUT2D eigenvalue weighted by Gasteiger charge is -2.04. The average Bonchev–Trinajstić information content (AvgIpc) is 2.58. The van der Waals surface area contributed by atoms with E-state index >= 15 is 0 Å². The molecule has 0 aliphatic heterocycles. The molecule has 17 heavy (non-hydrogen) atoms. The van der Waals surface area contributed by atoms with Gasteiger partial charge in [0.15, 0.2) is 5.82 Å². The van der Waals surface area contributed by atoms with Gasteiger partial charge < -0.3 is 4.57 Å². The summed E-state index contributed by atoms with van der Waals surface area (Å²) in [5.41, 5.74) is 3.06. The van der Waals surface area contributed by atoms with E-state index in [1.807, 2.05) is 26.4 Å². The first kappa shape index (κ1) is 11.8. The Hall–Kier alpha value is -1.71. The van der Waals surface area contributed by atoms with Crippen LogP contribution in [0.15, 0.2) is 12.4 Å². The SMILES string of the molecule is Cc1cnc(-c2nc(C(C)C)n(C)c2C)nc1.